The van der Waals surface area contributed by atoms with Gasteiger partial charge in [0.2, 0.25) is 0 Å². The molecule has 1 aliphatic heterocycles. The van der Waals surface area contributed by atoms with Gasteiger partial charge >= 0.3 is 0 Å². The Morgan fingerprint density at radius 1 is 1.11 bits per heavy atom. The van der Waals surface area contributed by atoms with Crippen molar-refractivity contribution in [2.45, 2.75) is 44.7 Å². The number of benzene rings is 1. The van der Waals surface area contributed by atoms with Gasteiger partial charge in [-0.15, -0.1) is 0 Å². The molecule has 2 N–H and O–H groups in total. The van der Waals surface area contributed by atoms with Crippen LogP contribution >= 0.6 is 0 Å². The first kappa shape index (κ1) is 12.9. The number of nitrogens with two attached hydrogens (primary N) is 1. The monoisotopic (exact) mass is 266 g/mol. The maximum atomic E-state index is 14.2. The highest BCUT2D eigenvalue weighted by atomic mass is 19.2. The minimum Gasteiger partial charge on any atom is -0.366 e. The molecule has 2 fully saturated rings. The number of fused-ring (bicyclic) bond motifs is 1. The lowest BCUT2D eigenvalue weighted by Gasteiger charge is -2.39. The standard InChI is InChI=1S/C15H20F2N2/c16-14-11(9-18)6-7-13(15(14)17)19-8-2-4-10-3-1-5-12(10)19/h6-7,10,12H,1-5,8-9,18H2. The number of nitrogens with zero attached hydrogens (tertiary/aromatic N) is 1. The lowest BCUT2D eigenvalue weighted by molar-refractivity contribution is 0.357. The van der Waals surface area contributed by atoms with Crippen LogP contribution in [0.5, 0.6) is 0 Å². The zero-order valence-corrected chi connectivity index (χ0v) is 11.0. The topological polar surface area (TPSA) is 29.3 Å². The number of hydrogen-bond acceptors (Lipinski definition) is 2. The third-order valence-corrected chi connectivity index (χ3v) is 4.66. The summed E-state index contributed by atoms with van der Waals surface area (Å²) >= 11 is 0. The zero-order valence-electron chi connectivity index (χ0n) is 11.0. The second-order valence-electron chi connectivity index (χ2n) is 5.67. The summed E-state index contributed by atoms with van der Waals surface area (Å²) in [6.07, 6.45) is 5.83. The molecule has 19 heavy (non-hydrogen) atoms. The summed E-state index contributed by atoms with van der Waals surface area (Å²) in [6, 6.07) is 3.71. The third kappa shape index (κ3) is 2.12. The van der Waals surface area contributed by atoms with E-state index < -0.39 is 11.6 Å². The van der Waals surface area contributed by atoms with Crippen molar-refractivity contribution < 1.29 is 8.78 Å². The Hall–Kier alpha value is -1.16. The Balaban J connectivity index is 1.95. The van der Waals surface area contributed by atoms with Crippen LogP contribution in [-0.4, -0.2) is 12.6 Å². The van der Waals surface area contributed by atoms with Crippen molar-refractivity contribution in [3.8, 4) is 0 Å². The molecule has 0 aromatic heterocycles. The van der Waals surface area contributed by atoms with Crippen LogP contribution in [0, 0.1) is 17.6 Å². The largest absolute Gasteiger partial charge is 0.366 e. The molecule has 0 bridgehead atoms. The lowest BCUT2D eigenvalue weighted by Crippen LogP contribution is -2.43. The molecule has 2 atom stereocenters. The lowest BCUT2D eigenvalue weighted by atomic mass is 9.91. The van der Waals surface area contributed by atoms with Gasteiger partial charge in [0.15, 0.2) is 11.6 Å². The molecule has 1 heterocycles. The van der Waals surface area contributed by atoms with E-state index in [1.54, 1.807) is 12.1 Å². The van der Waals surface area contributed by atoms with Crippen LogP contribution in [0.3, 0.4) is 0 Å². The molecule has 104 valence electrons. The summed E-state index contributed by atoms with van der Waals surface area (Å²) < 4.78 is 28.1. The second kappa shape index (κ2) is 5.08. The predicted octanol–water partition coefficient (Wildman–Crippen LogP) is 3.19. The van der Waals surface area contributed by atoms with E-state index >= 15 is 0 Å². The number of hydrogen-bond donors (Lipinski definition) is 1. The van der Waals surface area contributed by atoms with Crippen LogP contribution in [0.4, 0.5) is 14.5 Å². The fourth-order valence-corrected chi connectivity index (χ4v) is 3.71. The van der Waals surface area contributed by atoms with Gasteiger partial charge in [0, 0.05) is 24.7 Å². The van der Waals surface area contributed by atoms with Crippen molar-refractivity contribution in [2.75, 3.05) is 11.4 Å². The van der Waals surface area contributed by atoms with Crippen LogP contribution in [0.15, 0.2) is 12.1 Å². The van der Waals surface area contributed by atoms with Crippen molar-refractivity contribution in [1.29, 1.82) is 0 Å². The van der Waals surface area contributed by atoms with Crippen molar-refractivity contribution in [1.82, 2.24) is 0 Å². The molecule has 1 saturated carbocycles. The number of halogens is 2. The molecular weight excluding hydrogens is 246 g/mol. The van der Waals surface area contributed by atoms with Gasteiger partial charge in [0.1, 0.15) is 0 Å². The van der Waals surface area contributed by atoms with Crippen molar-refractivity contribution in [3.05, 3.63) is 29.3 Å². The molecule has 2 nitrogen and oxygen atoms in total. The molecule has 0 spiro atoms. The molecule has 0 amide bonds. The van der Waals surface area contributed by atoms with Gasteiger partial charge in [0.25, 0.3) is 0 Å². The molecule has 1 aromatic rings. The molecule has 2 unspecified atom stereocenters. The summed E-state index contributed by atoms with van der Waals surface area (Å²) in [5, 5.41) is 0. The van der Waals surface area contributed by atoms with E-state index in [0.717, 1.165) is 19.4 Å². The Kier molecular flexibility index (Phi) is 3.44. The third-order valence-electron chi connectivity index (χ3n) is 4.66. The predicted molar refractivity (Wildman–Crippen MR) is 72.0 cm³/mol. The van der Waals surface area contributed by atoms with E-state index in [2.05, 4.69) is 4.90 Å². The first-order valence-electron chi connectivity index (χ1n) is 7.16. The molecule has 0 radical (unpaired) electrons. The van der Waals surface area contributed by atoms with E-state index in [-0.39, 0.29) is 12.1 Å². The molecule has 1 aromatic carbocycles. The summed E-state index contributed by atoms with van der Waals surface area (Å²) in [7, 11) is 0. The minimum absolute atomic E-state index is 0.0368. The Labute approximate surface area is 112 Å². The van der Waals surface area contributed by atoms with Crippen LogP contribution in [0.1, 0.15) is 37.7 Å². The zero-order chi connectivity index (χ0) is 13.4. The SMILES string of the molecule is NCc1ccc(N2CCCC3CCCC32)c(F)c1F. The molecule has 3 rings (SSSR count). The highest BCUT2D eigenvalue weighted by Crippen LogP contribution is 2.40. The number of rotatable bonds is 2. The Morgan fingerprint density at radius 3 is 2.68 bits per heavy atom. The van der Waals surface area contributed by atoms with Crippen LogP contribution in [-0.2, 0) is 6.54 Å². The highest BCUT2D eigenvalue weighted by molar-refractivity contribution is 5.51. The number of anilines is 1. The summed E-state index contributed by atoms with van der Waals surface area (Å²) in [5.41, 5.74) is 6.09. The molecule has 1 aliphatic carbocycles. The summed E-state index contributed by atoms with van der Waals surface area (Å²) in [4.78, 5) is 2.08. The first-order chi connectivity index (χ1) is 9.22. The Bertz CT molecular complexity index is 475. The first-order valence-corrected chi connectivity index (χ1v) is 7.16. The Morgan fingerprint density at radius 2 is 1.89 bits per heavy atom. The fourth-order valence-electron chi connectivity index (χ4n) is 3.71. The van der Waals surface area contributed by atoms with Gasteiger partial charge in [-0.1, -0.05) is 12.5 Å². The van der Waals surface area contributed by atoms with Crippen LogP contribution in [0.2, 0.25) is 0 Å². The maximum Gasteiger partial charge on any atom is 0.182 e. The average molecular weight is 266 g/mol. The summed E-state index contributed by atoms with van der Waals surface area (Å²) in [6.45, 7) is 0.870. The minimum atomic E-state index is -0.778. The molecule has 1 saturated heterocycles. The van der Waals surface area contributed by atoms with Crippen molar-refractivity contribution >= 4 is 5.69 Å². The van der Waals surface area contributed by atoms with E-state index in [1.807, 2.05) is 0 Å². The van der Waals surface area contributed by atoms with Gasteiger partial charge in [-0.25, -0.2) is 8.78 Å². The molecular formula is C15H20F2N2. The van der Waals surface area contributed by atoms with Crippen LogP contribution in [0.25, 0.3) is 0 Å². The summed E-state index contributed by atoms with van der Waals surface area (Å²) in [5.74, 6) is -0.846. The van der Waals surface area contributed by atoms with E-state index in [9.17, 15) is 8.78 Å². The van der Waals surface area contributed by atoms with Crippen molar-refractivity contribution in [2.24, 2.45) is 11.7 Å². The van der Waals surface area contributed by atoms with Gasteiger partial charge in [-0.3, -0.25) is 0 Å². The highest BCUT2D eigenvalue weighted by Gasteiger charge is 2.36. The second-order valence-corrected chi connectivity index (χ2v) is 5.67. The van der Waals surface area contributed by atoms with Gasteiger partial charge in [-0.2, -0.15) is 0 Å². The van der Waals surface area contributed by atoms with Crippen LogP contribution < -0.4 is 10.6 Å². The van der Waals surface area contributed by atoms with E-state index in [1.165, 1.54) is 19.3 Å². The number of piperidine rings is 1. The molecule has 2 aliphatic rings. The normalized spacial score (nSPS) is 26.6. The van der Waals surface area contributed by atoms with Crippen molar-refractivity contribution in [3.63, 3.8) is 0 Å². The fraction of sp³-hybridized carbons (Fsp3) is 0.600. The van der Waals surface area contributed by atoms with E-state index in [0.29, 0.717) is 17.6 Å². The quantitative estimate of drug-likeness (QED) is 0.890. The average Bonchev–Trinajstić information content (AvgIpc) is 2.90. The van der Waals surface area contributed by atoms with E-state index in [4.69, 9.17) is 5.73 Å². The molecule has 4 heteroatoms. The smallest absolute Gasteiger partial charge is 0.182 e. The van der Waals surface area contributed by atoms with Gasteiger partial charge < -0.3 is 10.6 Å². The van der Waals surface area contributed by atoms with Gasteiger partial charge in [-0.05, 0) is 37.7 Å². The van der Waals surface area contributed by atoms with Gasteiger partial charge in [0.05, 0.1) is 5.69 Å². The maximum absolute atomic E-state index is 14.2.